The average molecular weight is 618 g/mol. The highest BCUT2D eigenvalue weighted by Gasteiger charge is 2.35. The molecule has 0 unspecified atom stereocenters. The molecule has 3 heterocycles. The maximum absolute atomic E-state index is 13.6. The number of amides is 2. The first-order valence-corrected chi connectivity index (χ1v) is 16.2. The lowest BCUT2D eigenvalue weighted by Gasteiger charge is -2.35. The molecule has 0 atom stereocenters. The van der Waals surface area contributed by atoms with Crippen LogP contribution in [0.1, 0.15) is 50.2 Å². The van der Waals surface area contributed by atoms with E-state index in [4.69, 9.17) is 0 Å². The topological polar surface area (TPSA) is 90.0 Å². The van der Waals surface area contributed by atoms with Crippen LogP contribution >= 0.6 is 15.9 Å². The Morgan fingerprint density at radius 3 is 2.33 bits per heavy atom. The van der Waals surface area contributed by atoms with E-state index in [-0.39, 0.29) is 28.7 Å². The molecule has 2 saturated heterocycles. The molecule has 8 nitrogen and oxygen atoms in total. The number of benzene rings is 2. The van der Waals surface area contributed by atoms with Gasteiger partial charge in [-0.1, -0.05) is 37.3 Å². The van der Waals surface area contributed by atoms with E-state index >= 15 is 0 Å². The number of rotatable bonds is 7. The van der Waals surface area contributed by atoms with Crippen molar-refractivity contribution in [1.82, 2.24) is 14.5 Å². The van der Waals surface area contributed by atoms with Crippen molar-refractivity contribution in [3.05, 3.63) is 58.1 Å². The molecular weight excluding hydrogens is 580 g/mol. The molecule has 210 valence electrons. The van der Waals surface area contributed by atoms with E-state index in [1.54, 1.807) is 11.0 Å². The maximum Gasteiger partial charge on any atom is 0.244 e. The molecule has 1 N–H and O–H groups in total. The van der Waals surface area contributed by atoms with Crippen LogP contribution in [0.4, 0.5) is 5.69 Å². The predicted octanol–water partition coefficient (Wildman–Crippen LogP) is 3.93. The number of nitrogens with one attached hydrogen (secondary N) is 1. The predicted molar refractivity (Wildman–Crippen MR) is 155 cm³/mol. The summed E-state index contributed by atoms with van der Waals surface area (Å²) in [6.45, 7) is 5.83. The van der Waals surface area contributed by atoms with Crippen LogP contribution < -0.4 is 10.2 Å². The van der Waals surface area contributed by atoms with E-state index in [2.05, 4.69) is 50.4 Å². The Morgan fingerprint density at radius 2 is 1.67 bits per heavy atom. The van der Waals surface area contributed by atoms with E-state index in [1.165, 1.54) is 9.87 Å². The number of hydrogen-bond acceptors (Lipinski definition) is 5. The van der Waals surface area contributed by atoms with Gasteiger partial charge in [-0.05, 0) is 71.3 Å². The van der Waals surface area contributed by atoms with Gasteiger partial charge in [-0.25, -0.2) is 8.42 Å². The van der Waals surface area contributed by atoms with Crippen LogP contribution in [0.25, 0.3) is 0 Å². The van der Waals surface area contributed by atoms with E-state index in [1.807, 2.05) is 19.1 Å². The number of anilines is 1. The Kier molecular flexibility index (Phi) is 8.75. The molecule has 2 fully saturated rings. The third kappa shape index (κ3) is 6.24. The fourth-order valence-corrected chi connectivity index (χ4v) is 8.47. The van der Waals surface area contributed by atoms with Gasteiger partial charge in [0.05, 0.1) is 4.90 Å². The molecule has 10 heteroatoms. The fraction of sp³-hybridized carbons (Fsp3) is 0.517. The Bertz CT molecular complexity index is 1300. The van der Waals surface area contributed by atoms with Crippen LogP contribution in [-0.4, -0.2) is 68.2 Å². The van der Waals surface area contributed by atoms with Crippen LogP contribution in [-0.2, 0) is 32.6 Å². The summed E-state index contributed by atoms with van der Waals surface area (Å²) in [6, 6.07) is 14.1. The van der Waals surface area contributed by atoms with Crippen LogP contribution in [0.2, 0.25) is 0 Å². The molecule has 0 spiro atoms. The average Bonchev–Trinajstić information content (AvgIpc) is 3.36. The zero-order chi connectivity index (χ0) is 27.6. The number of hydrogen-bond donors (Lipinski definition) is 1. The smallest absolute Gasteiger partial charge is 0.244 e. The lowest BCUT2D eigenvalue weighted by Crippen LogP contribution is -2.48. The summed E-state index contributed by atoms with van der Waals surface area (Å²) in [5.41, 5.74) is 2.97. The molecule has 0 aliphatic carbocycles. The molecule has 0 aromatic heterocycles. The lowest BCUT2D eigenvalue weighted by atomic mass is 9.95. The first-order chi connectivity index (χ1) is 18.8. The molecule has 2 aromatic rings. The maximum atomic E-state index is 13.6. The minimum Gasteiger partial charge on any atom is -0.353 e. The third-order valence-electron chi connectivity index (χ3n) is 8.26. The van der Waals surface area contributed by atoms with Crippen molar-refractivity contribution in [2.75, 3.05) is 37.6 Å². The van der Waals surface area contributed by atoms with E-state index in [0.717, 1.165) is 38.0 Å². The van der Waals surface area contributed by atoms with Crippen molar-refractivity contribution in [3.63, 3.8) is 0 Å². The Hall–Kier alpha value is -2.27. The Labute approximate surface area is 239 Å². The second kappa shape index (κ2) is 12.1. The number of piperidine rings is 2. The highest BCUT2D eigenvalue weighted by molar-refractivity contribution is 9.10. The molecule has 39 heavy (non-hydrogen) atoms. The number of halogens is 1. The van der Waals surface area contributed by atoms with Crippen LogP contribution in [0.3, 0.4) is 0 Å². The van der Waals surface area contributed by atoms with Gasteiger partial charge >= 0.3 is 0 Å². The SMILES string of the molecule is CCC(=O)N1CCc2cc(Br)c(S(=O)(=O)N3CCC(C(=O)NC4CCN(Cc5ccccc5)CC4)CC3)cc21. The minimum atomic E-state index is -3.77. The van der Waals surface area contributed by atoms with Gasteiger partial charge in [-0.15, -0.1) is 0 Å². The highest BCUT2D eigenvalue weighted by atomic mass is 79.9. The number of sulfonamides is 1. The van der Waals surface area contributed by atoms with Gasteiger partial charge in [0.1, 0.15) is 0 Å². The molecular formula is C29H37BrN4O4S. The van der Waals surface area contributed by atoms with E-state index in [9.17, 15) is 18.0 Å². The largest absolute Gasteiger partial charge is 0.353 e. The third-order valence-corrected chi connectivity index (χ3v) is 11.1. The molecule has 3 aliphatic heterocycles. The zero-order valence-corrected chi connectivity index (χ0v) is 24.8. The van der Waals surface area contributed by atoms with Crippen molar-refractivity contribution >= 4 is 43.5 Å². The van der Waals surface area contributed by atoms with Crippen molar-refractivity contribution in [1.29, 1.82) is 0 Å². The summed E-state index contributed by atoms with van der Waals surface area (Å²) in [6.07, 6.45) is 3.94. The summed E-state index contributed by atoms with van der Waals surface area (Å²) < 4.78 is 29.2. The molecule has 5 rings (SSSR count). The van der Waals surface area contributed by atoms with Gasteiger partial charge < -0.3 is 10.2 Å². The number of carbonyl (C=O) groups is 2. The van der Waals surface area contributed by atoms with Crippen molar-refractivity contribution in [2.24, 2.45) is 5.92 Å². The minimum absolute atomic E-state index is 0.00637. The van der Waals surface area contributed by atoms with Gasteiger partial charge in [0.25, 0.3) is 0 Å². The van der Waals surface area contributed by atoms with Gasteiger partial charge in [-0.3, -0.25) is 14.5 Å². The van der Waals surface area contributed by atoms with E-state index < -0.39 is 10.0 Å². The van der Waals surface area contributed by atoms with Crippen LogP contribution in [0.5, 0.6) is 0 Å². The van der Waals surface area contributed by atoms with Crippen LogP contribution in [0, 0.1) is 5.92 Å². The van der Waals surface area contributed by atoms with Gasteiger partial charge in [0, 0.05) is 67.8 Å². The second-order valence-corrected chi connectivity index (χ2v) is 13.5. The molecule has 2 amide bonds. The first kappa shape index (κ1) is 28.3. The summed E-state index contributed by atoms with van der Waals surface area (Å²) in [5.74, 6) is -0.144. The van der Waals surface area contributed by atoms with E-state index in [0.29, 0.717) is 55.5 Å². The molecule has 2 aromatic carbocycles. The molecule has 3 aliphatic rings. The monoisotopic (exact) mass is 616 g/mol. The summed E-state index contributed by atoms with van der Waals surface area (Å²) in [4.78, 5) is 29.7. The normalized spacial score (nSPS) is 19.7. The van der Waals surface area contributed by atoms with Crippen molar-refractivity contribution in [2.45, 2.75) is 62.9 Å². The van der Waals surface area contributed by atoms with Gasteiger partial charge in [0.15, 0.2) is 0 Å². The fourth-order valence-electron chi connectivity index (χ4n) is 5.93. The second-order valence-electron chi connectivity index (χ2n) is 10.8. The molecule has 0 saturated carbocycles. The Morgan fingerprint density at radius 1 is 0.974 bits per heavy atom. The van der Waals surface area contributed by atoms with Crippen LogP contribution in [0.15, 0.2) is 51.8 Å². The van der Waals surface area contributed by atoms with Crippen molar-refractivity contribution in [3.8, 4) is 0 Å². The quantitative estimate of drug-likeness (QED) is 0.509. The number of carbonyl (C=O) groups excluding carboxylic acids is 2. The van der Waals surface area contributed by atoms with Gasteiger partial charge in [0.2, 0.25) is 21.8 Å². The molecule has 0 bridgehead atoms. The first-order valence-electron chi connectivity index (χ1n) is 14.0. The summed E-state index contributed by atoms with van der Waals surface area (Å²) in [5, 5.41) is 3.24. The molecule has 0 radical (unpaired) electrons. The standard InChI is InChI=1S/C29H37BrN4O4S/c1-2-28(35)34-17-10-23-18-25(30)27(19-26(23)34)39(37,38)33-15-8-22(9-16-33)29(36)31-24-11-13-32(14-12-24)20-21-6-4-3-5-7-21/h3-7,18-19,22,24H,2,8-17,20H2,1H3,(H,31,36). The zero-order valence-electron chi connectivity index (χ0n) is 22.4. The number of fused-ring (bicyclic) bond motifs is 1. The summed E-state index contributed by atoms with van der Waals surface area (Å²) in [7, 11) is -3.77. The summed E-state index contributed by atoms with van der Waals surface area (Å²) >= 11 is 3.46. The van der Waals surface area contributed by atoms with Crippen molar-refractivity contribution < 1.29 is 18.0 Å². The highest BCUT2D eigenvalue weighted by Crippen LogP contribution is 2.37. The lowest BCUT2D eigenvalue weighted by molar-refractivity contribution is -0.127. The Balaban J connectivity index is 1.14. The number of likely N-dealkylation sites (tertiary alicyclic amines) is 1. The van der Waals surface area contributed by atoms with Gasteiger partial charge in [-0.2, -0.15) is 4.31 Å². The number of nitrogens with zero attached hydrogens (tertiary/aromatic N) is 3.